The number of hydrogen-bond donors (Lipinski definition) is 1. The smallest absolute Gasteiger partial charge is 0.257 e. The molecule has 1 fully saturated rings. The maximum absolute atomic E-state index is 12.3. The van der Waals surface area contributed by atoms with Crippen LogP contribution in [0.2, 0.25) is 0 Å². The van der Waals surface area contributed by atoms with Crippen molar-refractivity contribution in [3.63, 3.8) is 0 Å². The molecule has 1 N–H and O–H groups in total. The highest BCUT2D eigenvalue weighted by Gasteiger charge is 2.18. The molecule has 1 amide bonds. The topological polar surface area (TPSA) is 69.7 Å². The van der Waals surface area contributed by atoms with E-state index in [0.717, 1.165) is 17.9 Å². The number of ether oxygens (including phenoxy) is 3. The Bertz CT molecular complexity index is 745. The van der Waals surface area contributed by atoms with Gasteiger partial charge in [0.1, 0.15) is 6.10 Å². The number of carbonyl (C=O) groups is 1. The zero-order chi connectivity index (χ0) is 16.4. The van der Waals surface area contributed by atoms with Crippen LogP contribution in [0.25, 0.3) is 0 Å². The van der Waals surface area contributed by atoms with Gasteiger partial charge in [-0.3, -0.25) is 4.79 Å². The Hall–Kier alpha value is -2.41. The van der Waals surface area contributed by atoms with Crippen LogP contribution in [0.15, 0.2) is 36.5 Å². The first-order chi connectivity index (χ1) is 11.8. The zero-order valence-corrected chi connectivity index (χ0v) is 13.7. The second-order valence-electron chi connectivity index (χ2n) is 5.51. The molecule has 1 aromatic carbocycles. The Morgan fingerprint density at radius 2 is 2.17 bits per heavy atom. The van der Waals surface area contributed by atoms with Crippen molar-refractivity contribution in [1.29, 1.82) is 0 Å². The van der Waals surface area contributed by atoms with E-state index in [9.17, 15) is 4.79 Å². The molecule has 124 valence electrons. The predicted octanol–water partition coefficient (Wildman–Crippen LogP) is 2.95. The minimum atomic E-state index is -0.232. The summed E-state index contributed by atoms with van der Waals surface area (Å²) in [5.74, 6) is 3.76. The van der Waals surface area contributed by atoms with Crippen LogP contribution in [0.3, 0.4) is 0 Å². The number of rotatable bonds is 4. The molecule has 1 atom stereocenters. The van der Waals surface area contributed by atoms with E-state index < -0.39 is 0 Å². The van der Waals surface area contributed by atoms with E-state index in [1.54, 1.807) is 30.3 Å². The van der Waals surface area contributed by atoms with Crippen LogP contribution in [0.1, 0.15) is 16.8 Å². The highest BCUT2D eigenvalue weighted by atomic mass is 32.2. The minimum Gasteiger partial charge on any atom is -0.473 e. The molecule has 4 rings (SSSR count). The first-order valence-corrected chi connectivity index (χ1v) is 8.85. The maximum atomic E-state index is 12.3. The molecule has 2 aromatic rings. The van der Waals surface area contributed by atoms with Crippen LogP contribution < -0.4 is 19.5 Å². The monoisotopic (exact) mass is 344 g/mol. The molecule has 0 aliphatic carbocycles. The van der Waals surface area contributed by atoms with Gasteiger partial charge in [0.05, 0.1) is 5.56 Å². The molecule has 2 aliphatic rings. The number of fused-ring (bicyclic) bond motifs is 1. The number of hydrogen-bond acceptors (Lipinski definition) is 6. The maximum Gasteiger partial charge on any atom is 0.257 e. The number of anilines is 1. The lowest BCUT2D eigenvalue weighted by atomic mass is 10.2. The van der Waals surface area contributed by atoms with Crippen LogP contribution in [0.4, 0.5) is 5.69 Å². The fourth-order valence-electron chi connectivity index (χ4n) is 2.54. The van der Waals surface area contributed by atoms with Crippen LogP contribution >= 0.6 is 11.8 Å². The van der Waals surface area contributed by atoms with Gasteiger partial charge in [-0.15, -0.1) is 0 Å². The lowest BCUT2D eigenvalue weighted by Crippen LogP contribution is -2.16. The normalized spacial score (nSPS) is 18.4. The first kappa shape index (κ1) is 15.1. The highest BCUT2D eigenvalue weighted by molar-refractivity contribution is 7.99. The summed E-state index contributed by atoms with van der Waals surface area (Å²) >= 11 is 1.88. The summed E-state index contributed by atoms with van der Waals surface area (Å²) in [5.41, 5.74) is 1.12. The second-order valence-corrected chi connectivity index (χ2v) is 6.66. The minimum absolute atomic E-state index is 0.206. The van der Waals surface area contributed by atoms with Gasteiger partial charge >= 0.3 is 0 Å². The van der Waals surface area contributed by atoms with Crippen LogP contribution in [-0.2, 0) is 0 Å². The van der Waals surface area contributed by atoms with Crippen molar-refractivity contribution in [2.24, 2.45) is 0 Å². The van der Waals surface area contributed by atoms with Gasteiger partial charge in [0.25, 0.3) is 5.91 Å². The predicted molar refractivity (Wildman–Crippen MR) is 91.1 cm³/mol. The lowest BCUT2D eigenvalue weighted by Gasteiger charge is -2.11. The summed E-state index contributed by atoms with van der Waals surface area (Å²) in [6.45, 7) is 0.206. The van der Waals surface area contributed by atoms with E-state index in [1.165, 1.54) is 6.20 Å². The number of carbonyl (C=O) groups excluding carboxylic acids is 1. The van der Waals surface area contributed by atoms with E-state index in [1.807, 2.05) is 11.8 Å². The Labute approximate surface area is 143 Å². The van der Waals surface area contributed by atoms with Gasteiger partial charge in [0, 0.05) is 29.8 Å². The van der Waals surface area contributed by atoms with E-state index in [2.05, 4.69) is 10.3 Å². The second kappa shape index (κ2) is 6.60. The Balaban J connectivity index is 1.40. The summed E-state index contributed by atoms with van der Waals surface area (Å²) in [4.78, 5) is 16.5. The molecule has 7 heteroatoms. The molecule has 0 spiro atoms. The number of nitrogens with one attached hydrogen (secondary N) is 1. The summed E-state index contributed by atoms with van der Waals surface area (Å²) < 4.78 is 16.3. The molecular formula is C17H16N2O4S. The fourth-order valence-corrected chi connectivity index (χ4v) is 3.63. The van der Waals surface area contributed by atoms with Gasteiger partial charge in [-0.25, -0.2) is 4.98 Å². The lowest BCUT2D eigenvalue weighted by molar-refractivity contribution is 0.102. The van der Waals surface area contributed by atoms with Gasteiger partial charge < -0.3 is 19.5 Å². The molecule has 24 heavy (non-hydrogen) atoms. The molecule has 0 radical (unpaired) electrons. The fraction of sp³-hybridized carbons (Fsp3) is 0.294. The van der Waals surface area contributed by atoms with Crippen molar-refractivity contribution in [2.75, 3.05) is 23.6 Å². The van der Waals surface area contributed by atoms with Crippen LogP contribution in [-0.4, -0.2) is 35.3 Å². The van der Waals surface area contributed by atoms with E-state index in [-0.39, 0.29) is 18.8 Å². The number of benzene rings is 1. The van der Waals surface area contributed by atoms with Gasteiger partial charge in [-0.1, -0.05) is 0 Å². The van der Waals surface area contributed by atoms with Crippen molar-refractivity contribution in [3.05, 3.63) is 42.1 Å². The molecule has 6 nitrogen and oxygen atoms in total. The van der Waals surface area contributed by atoms with Crippen molar-refractivity contribution < 1.29 is 19.0 Å². The molecule has 0 bridgehead atoms. The van der Waals surface area contributed by atoms with Gasteiger partial charge in [0.2, 0.25) is 12.7 Å². The van der Waals surface area contributed by atoms with Gasteiger partial charge in [-0.05, 0) is 30.4 Å². The Morgan fingerprint density at radius 1 is 1.25 bits per heavy atom. The van der Waals surface area contributed by atoms with Crippen molar-refractivity contribution in [3.8, 4) is 17.4 Å². The van der Waals surface area contributed by atoms with E-state index in [0.29, 0.717) is 28.6 Å². The average Bonchev–Trinajstić information content (AvgIpc) is 3.26. The van der Waals surface area contributed by atoms with Crippen LogP contribution in [0, 0.1) is 0 Å². The van der Waals surface area contributed by atoms with Gasteiger partial charge in [-0.2, -0.15) is 11.8 Å². The molecule has 0 saturated carbocycles. The molecule has 1 aromatic heterocycles. The molecule has 3 heterocycles. The zero-order valence-electron chi connectivity index (χ0n) is 12.9. The molecule has 2 aliphatic heterocycles. The number of thioether (sulfide) groups is 1. The third-order valence-corrected chi connectivity index (χ3v) is 4.94. The molecule has 1 saturated heterocycles. The van der Waals surface area contributed by atoms with E-state index in [4.69, 9.17) is 14.2 Å². The van der Waals surface area contributed by atoms with Crippen molar-refractivity contribution >= 4 is 23.4 Å². The largest absolute Gasteiger partial charge is 0.473 e. The number of amides is 1. The first-order valence-electron chi connectivity index (χ1n) is 7.69. The van der Waals surface area contributed by atoms with Crippen molar-refractivity contribution in [1.82, 2.24) is 4.98 Å². The van der Waals surface area contributed by atoms with Gasteiger partial charge in [0.15, 0.2) is 11.5 Å². The summed E-state index contributed by atoms with van der Waals surface area (Å²) in [6, 6.07) is 8.73. The molecule has 1 unspecified atom stereocenters. The van der Waals surface area contributed by atoms with E-state index >= 15 is 0 Å². The third kappa shape index (κ3) is 3.26. The summed E-state index contributed by atoms with van der Waals surface area (Å²) in [5, 5.41) is 2.82. The SMILES string of the molecule is O=C(Nc1ccc2c(c1)OCO2)c1ccc(OC2CCSC2)nc1. The Kier molecular flexibility index (Phi) is 4.17. The number of aromatic nitrogens is 1. The Morgan fingerprint density at radius 3 is 2.96 bits per heavy atom. The summed E-state index contributed by atoms with van der Waals surface area (Å²) in [6.07, 6.45) is 2.79. The quantitative estimate of drug-likeness (QED) is 0.920. The van der Waals surface area contributed by atoms with Crippen molar-refractivity contribution in [2.45, 2.75) is 12.5 Å². The standard InChI is InChI=1S/C17H16N2O4S/c20-17(19-12-2-3-14-15(7-12)22-10-21-14)11-1-4-16(18-8-11)23-13-5-6-24-9-13/h1-4,7-8,13H,5-6,9-10H2,(H,19,20). The number of nitrogens with zero attached hydrogens (tertiary/aromatic N) is 1. The van der Waals surface area contributed by atoms with Crippen LogP contribution in [0.5, 0.6) is 17.4 Å². The molecular weight excluding hydrogens is 328 g/mol. The average molecular weight is 344 g/mol. The number of pyridine rings is 1. The third-order valence-electron chi connectivity index (χ3n) is 3.80. The summed E-state index contributed by atoms with van der Waals surface area (Å²) in [7, 11) is 0. The highest BCUT2D eigenvalue weighted by Crippen LogP contribution is 2.34.